The molecule has 0 N–H and O–H groups in total. The Morgan fingerprint density at radius 3 is 2.28 bits per heavy atom. The second-order valence-electron chi connectivity index (χ2n) is 5.61. The minimum absolute atomic E-state index is 0. The van der Waals surface area contributed by atoms with Gasteiger partial charge in [-0.15, -0.1) is 0 Å². The first kappa shape index (κ1) is 25.8. The van der Waals surface area contributed by atoms with Crippen molar-refractivity contribution in [2.24, 2.45) is 0 Å². The summed E-state index contributed by atoms with van der Waals surface area (Å²) in [5.74, 6) is 1.66. The standard InChI is InChI=1S/C20H24ClO6P.Li.H/c1-23-9-11-26-14-7-8-18(17(13-14)27-12-10-24-2)28-20(22)19-15(21)5-4-6-16(19)25-3;;/h4-8,13,28H,9-12H2,1-3H3;;. The molecule has 0 aliphatic rings. The monoisotopic (exact) mass is 434 g/mol. The van der Waals surface area contributed by atoms with Crippen molar-refractivity contribution in [3.05, 3.63) is 47.0 Å². The second kappa shape index (κ2) is 13.9. The third kappa shape index (κ3) is 7.83. The molecule has 0 saturated heterocycles. The van der Waals surface area contributed by atoms with Gasteiger partial charge in [0.25, 0.3) is 0 Å². The van der Waals surface area contributed by atoms with E-state index in [9.17, 15) is 4.79 Å². The van der Waals surface area contributed by atoms with Gasteiger partial charge in [0.1, 0.15) is 30.5 Å². The maximum atomic E-state index is 12.9. The van der Waals surface area contributed by atoms with Crippen LogP contribution in [0.5, 0.6) is 17.2 Å². The number of methoxy groups -OCH3 is 3. The van der Waals surface area contributed by atoms with Gasteiger partial charge < -0.3 is 23.7 Å². The topological polar surface area (TPSA) is 63.2 Å². The van der Waals surface area contributed by atoms with E-state index in [-0.39, 0.29) is 33.0 Å². The van der Waals surface area contributed by atoms with Crippen LogP contribution in [0.4, 0.5) is 0 Å². The molecule has 0 fully saturated rings. The third-order valence-corrected chi connectivity index (χ3v) is 5.20. The number of hydrogen-bond donors (Lipinski definition) is 0. The van der Waals surface area contributed by atoms with Crippen molar-refractivity contribution in [2.75, 3.05) is 47.8 Å². The molecule has 154 valence electrons. The van der Waals surface area contributed by atoms with Gasteiger partial charge >= 0.3 is 18.9 Å². The van der Waals surface area contributed by atoms with Crippen LogP contribution in [-0.2, 0) is 9.47 Å². The summed E-state index contributed by atoms with van der Waals surface area (Å²) in [6.07, 6.45) is 0. The summed E-state index contributed by atoms with van der Waals surface area (Å²) in [6, 6.07) is 10.5. The number of carbonyl (C=O) groups excluding carboxylic acids is 1. The summed E-state index contributed by atoms with van der Waals surface area (Å²) >= 11 is 6.23. The summed E-state index contributed by atoms with van der Waals surface area (Å²) in [4.78, 5) is 12.9. The summed E-state index contributed by atoms with van der Waals surface area (Å²) < 4.78 is 26.8. The van der Waals surface area contributed by atoms with Gasteiger partial charge in [-0.2, -0.15) is 0 Å². The molecule has 1 unspecified atom stereocenters. The van der Waals surface area contributed by atoms with E-state index in [1.165, 1.54) is 7.11 Å². The molecule has 0 aromatic heterocycles. The average Bonchev–Trinajstić information content (AvgIpc) is 2.69. The molecule has 0 radical (unpaired) electrons. The van der Waals surface area contributed by atoms with Crippen molar-refractivity contribution in [3.63, 3.8) is 0 Å². The minimum atomic E-state index is -0.188. The first-order chi connectivity index (χ1) is 13.6. The summed E-state index contributed by atoms with van der Waals surface area (Å²) in [5, 5.41) is 1.11. The molecule has 0 spiro atoms. The second-order valence-corrected chi connectivity index (χ2v) is 7.26. The van der Waals surface area contributed by atoms with Crippen LogP contribution in [0.3, 0.4) is 0 Å². The van der Waals surface area contributed by atoms with Gasteiger partial charge in [-0.05, 0) is 32.8 Å². The zero-order chi connectivity index (χ0) is 20.4. The molecule has 0 aliphatic heterocycles. The molecule has 1 atom stereocenters. The molecular weight excluding hydrogens is 410 g/mol. The van der Waals surface area contributed by atoms with Crippen molar-refractivity contribution >= 4 is 49.9 Å². The van der Waals surface area contributed by atoms with Crippen LogP contribution in [0.1, 0.15) is 10.4 Å². The molecule has 9 heteroatoms. The van der Waals surface area contributed by atoms with E-state index in [1.807, 2.05) is 6.07 Å². The maximum absolute atomic E-state index is 12.9. The predicted molar refractivity (Wildman–Crippen MR) is 119 cm³/mol. The van der Waals surface area contributed by atoms with Gasteiger partial charge in [0.05, 0.1) is 30.9 Å². The molecule has 29 heavy (non-hydrogen) atoms. The van der Waals surface area contributed by atoms with Crippen LogP contribution in [0.15, 0.2) is 36.4 Å². The SMILES string of the molecule is COCCOc1ccc(PC(=O)c2c(Cl)cccc2OC)c(OCCOC)c1.[LiH]. The van der Waals surface area contributed by atoms with Crippen LogP contribution < -0.4 is 19.5 Å². The molecule has 0 heterocycles. The van der Waals surface area contributed by atoms with E-state index in [4.69, 9.17) is 35.3 Å². The Morgan fingerprint density at radius 2 is 1.62 bits per heavy atom. The Kier molecular flexibility index (Phi) is 12.3. The van der Waals surface area contributed by atoms with Gasteiger partial charge in [-0.1, -0.05) is 17.7 Å². The first-order valence-electron chi connectivity index (χ1n) is 8.62. The number of halogens is 1. The fourth-order valence-corrected chi connectivity index (χ4v) is 3.77. The van der Waals surface area contributed by atoms with E-state index in [1.54, 1.807) is 44.6 Å². The van der Waals surface area contributed by atoms with Gasteiger partial charge in [0.15, 0.2) is 5.52 Å². The predicted octanol–water partition coefficient (Wildman–Crippen LogP) is 2.89. The van der Waals surface area contributed by atoms with E-state index in [0.29, 0.717) is 54.3 Å². The number of hydrogen-bond acceptors (Lipinski definition) is 6. The quantitative estimate of drug-likeness (QED) is 0.291. The Morgan fingerprint density at radius 1 is 0.931 bits per heavy atom. The van der Waals surface area contributed by atoms with Gasteiger partial charge in [0.2, 0.25) is 0 Å². The van der Waals surface area contributed by atoms with Gasteiger partial charge in [0, 0.05) is 25.6 Å². The Balaban J connectivity index is 0.00000420. The summed E-state index contributed by atoms with van der Waals surface area (Å²) in [6.45, 7) is 1.70. The summed E-state index contributed by atoms with van der Waals surface area (Å²) in [5.41, 5.74) is 0.236. The number of carbonyl (C=O) groups is 1. The van der Waals surface area contributed by atoms with Crippen molar-refractivity contribution in [3.8, 4) is 17.2 Å². The third-order valence-electron chi connectivity index (χ3n) is 3.72. The number of rotatable bonds is 12. The molecule has 2 aromatic rings. The Bertz CT molecular complexity index is 790. The van der Waals surface area contributed by atoms with Crippen LogP contribution in [0.2, 0.25) is 5.02 Å². The number of ether oxygens (including phenoxy) is 5. The molecule has 0 bridgehead atoms. The van der Waals surface area contributed by atoms with Crippen LogP contribution in [-0.4, -0.2) is 72.1 Å². The molecule has 6 nitrogen and oxygen atoms in total. The molecule has 2 rings (SSSR count). The zero-order valence-electron chi connectivity index (χ0n) is 16.1. The normalized spacial score (nSPS) is 10.6. The van der Waals surface area contributed by atoms with Crippen molar-refractivity contribution in [1.29, 1.82) is 0 Å². The van der Waals surface area contributed by atoms with E-state index in [2.05, 4.69) is 0 Å². The zero-order valence-corrected chi connectivity index (χ0v) is 17.9. The molecule has 0 saturated carbocycles. The fraction of sp³-hybridized carbons (Fsp3) is 0.350. The van der Waals surface area contributed by atoms with E-state index < -0.39 is 0 Å². The van der Waals surface area contributed by atoms with Crippen molar-refractivity contribution in [2.45, 2.75) is 0 Å². The molecule has 2 aromatic carbocycles. The molecule has 0 amide bonds. The van der Waals surface area contributed by atoms with Crippen LogP contribution in [0, 0.1) is 0 Å². The molecular formula is C20H25ClLiO6P. The van der Waals surface area contributed by atoms with Crippen molar-refractivity contribution in [1.82, 2.24) is 0 Å². The first-order valence-corrected chi connectivity index (χ1v) is 9.99. The van der Waals surface area contributed by atoms with Crippen molar-refractivity contribution < 1.29 is 28.5 Å². The fourth-order valence-electron chi connectivity index (χ4n) is 2.37. The van der Waals surface area contributed by atoms with Gasteiger partial charge in [-0.25, -0.2) is 0 Å². The Hall–Kier alpha value is -1.25. The van der Waals surface area contributed by atoms with Gasteiger partial charge in [-0.3, -0.25) is 4.79 Å². The number of benzene rings is 2. The Labute approximate surface area is 190 Å². The van der Waals surface area contributed by atoms with Crippen LogP contribution >= 0.6 is 20.2 Å². The van der Waals surface area contributed by atoms with Crippen LogP contribution in [0.25, 0.3) is 0 Å². The van der Waals surface area contributed by atoms with E-state index >= 15 is 0 Å². The average molecular weight is 435 g/mol. The van der Waals surface area contributed by atoms with E-state index in [0.717, 1.165) is 5.30 Å². The molecule has 0 aliphatic carbocycles. The summed E-state index contributed by atoms with van der Waals surface area (Å²) in [7, 11) is 4.54.